The van der Waals surface area contributed by atoms with Crippen LogP contribution in [-0.4, -0.2) is 51.7 Å². The van der Waals surface area contributed by atoms with Crippen LogP contribution < -0.4 is 37.9 Å². The number of hydrogen-bond acceptors (Lipinski definition) is 10. The monoisotopic (exact) mass is 883 g/mol. The van der Waals surface area contributed by atoms with E-state index in [1.165, 1.54) is 0 Å². The molecule has 64 heavy (non-hydrogen) atoms. The normalized spacial score (nSPS) is 14.2. The van der Waals surface area contributed by atoms with Gasteiger partial charge in [-0.3, -0.25) is 0 Å². The van der Waals surface area contributed by atoms with Gasteiger partial charge in [0, 0.05) is 29.7 Å². The van der Waals surface area contributed by atoms with Crippen molar-refractivity contribution in [1.82, 2.24) is 0 Å². The van der Waals surface area contributed by atoms with Gasteiger partial charge in [-0.25, -0.2) is 4.79 Å². The number of carbonyl (C=O) groups is 1. The highest BCUT2D eigenvalue weighted by atomic mass is 16.6. The topological polar surface area (TPSA) is 100 Å². The average molecular weight is 883 g/mol. The fourth-order valence-electron chi connectivity index (χ4n) is 7.16. The molecule has 0 saturated heterocycles. The lowest BCUT2D eigenvalue weighted by Crippen LogP contribution is -2.35. The quantitative estimate of drug-likeness (QED) is 0.0372. The molecule has 2 atom stereocenters. The number of fused-ring (bicyclic) bond motifs is 1. The van der Waals surface area contributed by atoms with E-state index in [0.717, 1.165) is 99.3 Å². The lowest BCUT2D eigenvalue weighted by atomic mass is 9.91. The van der Waals surface area contributed by atoms with Crippen molar-refractivity contribution in [2.45, 2.75) is 151 Å². The first-order valence-corrected chi connectivity index (χ1v) is 24.1. The van der Waals surface area contributed by atoms with E-state index in [1.54, 1.807) is 12.1 Å². The Labute approximate surface area is 383 Å². The molecular weight excluding hydrogens is 809 g/mol. The summed E-state index contributed by atoms with van der Waals surface area (Å²) in [5.74, 6) is 4.07. The minimum absolute atomic E-state index is 0.276. The summed E-state index contributed by atoms with van der Waals surface area (Å²) in [5, 5.41) is 0. The van der Waals surface area contributed by atoms with Crippen LogP contribution >= 0.6 is 0 Å². The van der Waals surface area contributed by atoms with Crippen LogP contribution in [0.15, 0.2) is 66.7 Å². The molecule has 0 amide bonds. The Morgan fingerprint density at radius 1 is 0.562 bits per heavy atom. The van der Waals surface area contributed by atoms with Crippen LogP contribution in [0.3, 0.4) is 0 Å². The molecule has 0 spiro atoms. The molecular formula is C54H74O10. The third-order valence-corrected chi connectivity index (χ3v) is 11.1. The SMILES string of the molecule is CCCCOc1cc(OCCCC)c2c(c1)O[C@@H](c1cc(OCCCC)c(OCCCC)cc1C)[C@H](OC(=O)c1cc(OCCCC)c(OCCCC)c(OCc3ccccc3)c1)C2. The third kappa shape index (κ3) is 14.6. The Morgan fingerprint density at radius 3 is 1.67 bits per heavy atom. The summed E-state index contributed by atoms with van der Waals surface area (Å²) in [5.41, 5.74) is 3.84. The first kappa shape index (κ1) is 49.8. The Kier molecular flexibility index (Phi) is 21.1. The molecule has 0 aliphatic carbocycles. The van der Waals surface area contributed by atoms with Gasteiger partial charge < -0.3 is 42.6 Å². The van der Waals surface area contributed by atoms with Crippen molar-refractivity contribution in [2.24, 2.45) is 0 Å². The van der Waals surface area contributed by atoms with Crippen molar-refractivity contribution in [3.05, 3.63) is 94.5 Å². The average Bonchev–Trinajstić information content (AvgIpc) is 3.30. The number of hydrogen-bond donors (Lipinski definition) is 0. The van der Waals surface area contributed by atoms with Gasteiger partial charge in [0.15, 0.2) is 29.1 Å². The molecule has 0 saturated carbocycles. The fourth-order valence-corrected chi connectivity index (χ4v) is 7.16. The lowest BCUT2D eigenvalue weighted by Gasteiger charge is -2.35. The number of rotatable bonds is 30. The molecule has 10 nitrogen and oxygen atoms in total. The Balaban J connectivity index is 1.60. The van der Waals surface area contributed by atoms with Gasteiger partial charge in [-0.2, -0.15) is 0 Å². The van der Waals surface area contributed by atoms with Crippen LogP contribution in [0.1, 0.15) is 157 Å². The molecule has 1 heterocycles. The van der Waals surface area contributed by atoms with Crippen molar-refractivity contribution in [1.29, 1.82) is 0 Å². The van der Waals surface area contributed by atoms with E-state index < -0.39 is 18.2 Å². The van der Waals surface area contributed by atoms with E-state index in [2.05, 4.69) is 41.5 Å². The van der Waals surface area contributed by atoms with Gasteiger partial charge in [0.2, 0.25) is 5.75 Å². The summed E-state index contributed by atoms with van der Waals surface area (Å²) in [6, 6.07) is 21.2. The molecule has 0 aromatic heterocycles. The molecule has 350 valence electrons. The second-order valence-corrected chi connectivity index (χ2v) is 16.5. The second-order valence-electron chi connectivity index (χ2n) is 16.5. The van der Waals surface area contributed by atoms with Crippen LogP contribution in [0.2, 0.25) is 0 Å². The van der Waals surface area contributed by atoms with Crippen molar-refractivity contribution in [3.8, 4) is 46.0 Å². The number of ether oxygens (including phenoxy) is 9. The zero-order valence-corrected chi connectivity index (χ0v) is 39.7. The van der Waals surface area contributed by atoms with Crippen LogP contribution in [-0.2, 0) is 17.8 Å². The summed E-state index contributed by atoms with van der Waals surface area (Å²) in [4.78, 5) is 14.8. The van der Waals surface area contributed by atoms with Crippen LogP contribution in [0.5, 0.6) is 46.0 Å². The summed E-state index contributed by atoms with van der Waals surface area (Å²) >= 11 is 0. The Bertz CT molecular complexity index is 2000. The van der Waals surface area contributed by atoms with Crippen molar-refractivity contribution in [3.63, 3.8) is 0 Å². The largest absolute Gasteiger partial charge is 0.493 e. The van der Waals surface area contributed by atoms with Gasteiger partial charge in [-0.1, -0.05) is 110 Å². The highest BCUT2D eigenvalue weighted by molar-refractivity contribution is 5.91. The van der Waals surface area contributed by atoms with Crippen molar-refractivity contribution < 1.29 is 47.4 Å². The zero-order chi connectivity index (χ0) is 45.5. The molecule has 10 heteroatoms. The van der Waals surface area contributed by atoms with Crippen LogP contribution in [0.4, 0.5) is 0 Å². The predicted molar refractivity (Wildman–Crippen MR) is 254 cm³/mol. The number of aryl methyl sites for hydroxylation is 1. The van der Waals surface area contributed by atoms with Crippen LogP contribution in [0.25, 0.3) is 0 Å². The molecule has 0 radical (unpaired) electrons. The van der Waals surface area contributed by atoms with Gasteiger partial charge in [-0.15, -0.1) is 0 Å². The molecule has 0 bridgehead atoms. The highest BCUT2D eigenvalue weighted by Crippen LogP contribution is 2.47. The summed E-state index contributed by atoms with van der Waals surface area (Å²) in [6.45, 7) is 18.3. The van der Waals surface area contributed by atoms with E-state index in [4.69, 9.17) is 42.6 Å². The first-order valence-electron chi connectivity index (χ1n) is 24.1. The fraction of sp³-hybridized carbons (Fsp3) is 0.537. The van der Waals surface area contributed by atoms with Gasteiger partial charge in [-0.05, 0) is 80.8 Å². The third-order valence-electron chi connectivity index (χ3n) is 11.1. The Morgan fingerprint density at radius 2 is 1.08 bits per heavy atom. The number of unbranched alkanes of at least 4 members (excludes halogenated alkanes) is 6. The van der Waals surface area contributed by atoms with Crippen molar-refractivity contribution in [2.75, 3.05) is 39.6 Å². The second kappa shape index (κ2) is 27.2. The van der Waals surface area contributed by atoms with E-state index in [-0.39, 0.29) is 12.2 Å². The van der Waals surface area contributed by atoms with E-state index in [9.17, 15) is 4.79 Å². The minimum Gasteiger partial charge on any atom is -0.493 e. The lowest BCUT2D eigenvalue weighted by molar-refractivity contribution is -0.0192. The molecule has 0 fully saturated rings. The maximum Gasteiger partial charge on any atom is 0.338 e. The van der Waals surface area contributed by atoms with Gasteiger partial charge in [0.25, 0.3) is 0 Å². The van der Waals surface area contributed by atoms with E-state index in [1.807, 2.05) is 61.5 Å². The number of carbonyl (C=O) groups excluding carboxylic acids is 1. The molecule has 0 unspecified atom stereocenters. The predicted octanol–water partition coefficient (Wildman–Crippen LogP) is 13.5. The smallest absolute Gasteiger partial charge is 0.338 e. The molecule has 5 rings (SSSR count). The number of esters is 1. The Hall–Kier alpha value is -5.25. The molecule has 1 aliphatic rings. The molecule has 4 aromatic carbocycles. The van der Waals surface area contributed by atoms with E-state index >= 15 is 0 Å². The highest BCUT2D eigenvalue weighted by Gasteiger charge is 2.38. The van der Waals surface area contributed by atoms with E-state index in [0.29, 0.717) is 92.1 Å². The minimum atomic E-state index is -0.770. The van der Waals surface area contributed by atoms with Gasteiger partial charge in [0.1, 0.15) is 30.0 Å². The number of benzene rings is 4. The first-order chi connectivity index (χ1) is 31.3. The summed E-state index contributed by atoms with van der Waals surface area (Å²) in [6.07, 6.45) is 10.1. The summed E-state index contributed by atoms with van der Waals surface area (Å²) in [7, 11) is 0. The maximum absolute atomic E-state index is 14.8. The van der Waals surface area contributed by atoms with Crippen LogP contribution in [0, 0.1) is 6.92 Å². The standard InChI is InChI=1S/C54H74O10/c1-8-14-25-56-42-34-45(57-26-15-9-2)44-37-51(52(63-46(44)35-42)43-36-48(59-28-17-11-4)47(31-39(43)7)58-27-16-10-3)64-54(55)41-32-49(60-29-18-12-5)53(61-30-19-13-6)50(33-41)62-38-40-23-21-20-22-24-40/h20-24,31-36,51-52H,8-19,25-30,37-38H2,1-7H3/t51-,52+/m1/s1. The van der Waals surface area contributed by atoms with Gasteiger partial charge in [0.05, 0.1) is 45.2 Å². The molecule has 4 aromatic rings. The molecule has 0 N–H and O–H groups in total. The maximum atomic E-state index is 14.8. The summed E-state index contributed by atoms with van der Waals surface area (Å²) < 4.78 is 58.2. The zero-order valence-electron chi connectivity index (χ0n) is 39.7. The van der Waals surface area contributed by atoms with Gasteiger partial charge >= 0.3 is 5.97 Å². The molecule has 1 aliphatic heterocycles. The van der Waals surface area contributed by atoms with Crippen molar-refractivity contribution >= 4 is 5.97 Å².